The summed E-state index contributed by atoms with van der Waals surface area (Å²) < 4.78 is 43.9. The minimum absolute atomic E-state index is 0.0618. The van der Waals surface area contributed by atoms with Crippen LogP contribution in [0.2, 0.25) is 0 Å². The lowest BCUT2D eigenvalue weighted by Gasteiger charge is -2.22. The topological polar surface area (TPSA) is 63.5 Å². The standard InChI is InChI=1S/C21H20F3N5O2S/c1-27(2)9-10-29(19(30)12-28-13-25-15-5-3-4-6-17(15)28)20-26-16-8-7-14(11-18(16)32-20)31-21(22,23)24/h3-8,11,13H,9-10,12H2,1-2H3. The lowest BCUT2D eigenvalue weighted by atomic mass is 10.3. The highest BCUT2D eigenvalue weighted by Crippen LogP contribution is 2.33. The highest BCUT2D eigenvalue weighted by molar-refractivity contribution is 7.22. The van der Waals surface area contributed by atoms with Crippen molar-refractivity contribution in [3.05, 3.63) is 48.8 Å². The summed E-state index contributed by atoms with van der Waals surface area (Å²) >= 11 is 1.15. The fourth-order valence-electron chi connectivity index (χ4n) is 3.20. The van der Waals surface area contributed by atoms with E-state index in [1.807, 2.05) is 43.3 Å². The van der Waals surface area contributed by atoms with E-state index in [9.17, 15) is 18.0 Å². The van der Waals surface area contributed by atoms with E-state index in [1.54, 1.807) is 15.8 Å². The lowest BCUT2D eigenvalue weighted by Crippen LogP contribution is -2.38. The number of rotatable bonds is 7. The number of imidazole rings is 1. The van der Waals surface area contributed by atoms with Crippen LogP contribution in [0.1, 0.15) is 0 Å². The van der Waals surface area contributed by atoms with Crippen LogP contribution in [0.25, 0.3) is 21.3 Å². The maximum absolute atomic E-state index is 13.3. The smallest absolute Gasteiger partial charge is 0.406 e. The van der Waals surface area contributed by atoms with Gasteiger partial charge in [-0.05, 0) is 38.4 Å². The van der Waals surface area contributed by atoms with Crippen LogP contribution in [0.5, 0.6) is 5.75 Å². The number of benzene rings is 2. The van der Waals surface area contributed by atoms with Crippen molar-refractivity contribution < 1.29 is 22.7 Å². The largest absolute Gasteiger partial charge is 0.573 e. The quantitative estimate of drug-likeness (QED) is 0.412. The first kappa shape index (κ1) is 22.0. The number of para-hydroxylation sites is 2. The Kier molecular flexibility index (Phi) is 6.02. The molecular formula is C21H20F3N5O2S. The van der Waals surface area contributed by atoms with Crippen molar-refractivity contribution in [1.29, 1.82) is 0 Å². The molecule has 0 aliphatic rings. The van der Waals surface area contributed by atoms with Crippen molar-refractivity contribution >= 4 is 43.6 Å². The molecule has 0 saturated heterocycles. The van der Waals surface area contributed by atoms with Gasteiger partial charge in [0.1, 0.15) is 12.3 Å². The van der Waals surface area contributed by atoms with Crippen molar-refractivity contribution in [1.82, 2.24) is 19.4 Å². The molecule has 0 radical (unpaired) electrons. The summed E-state index contributed by atoms with van der Waals surface area (Å²) in [6.45, 7) is 1.03. The number of thiazole rings is 1. The molecule has 4 rings (SSSR count). The number of halogens is 3. The number of aromatic nitrogens is 3. The number of ether oxygens (including phenoxy) is 1. The molecule has 0 spiro atoms. The number of carbonyl (C=O) groups excluding carboxylic acids is 1. The number of amides is 1. The summed E-state index contributed by atoms with van der Waals surface area (Å²) in [7, 11) is 3.79. The molecule has 0 fully saturated rings. The van der Waals surface area contributed by atoms with Gasteiger partial charge in [-0.3, -0.25) is 9.69 Å². The average molecular weight is 463 g/mol. The zero-order valence-electron chi connectivity index (χ0n) is 17.3. The second kappa shape index (κ2) is 8.75. The number of carbonyl (C=O) groups is 1. The van der Waals surface area contributed by atoms with Crippen LogP contribution in [0.3, 0.4) is 0 Å². The summed E-state index contributed by atoms with van der Waals surface area (Å²) in [5.41, 5.74) is 2.12. The van der Waals surface area contributed by atoms with Crippen LogP contribution in [0.4, 0.5) is 18.3 Å². The second-order valence-electron chi connectivity index (χ2n) is 7.38. The Morgan fingerprint density at radius 2 is 1.91 bits per heavy atom. The van der Waals surface area contributed by atoms with Crippen molar-refractivity contribution in [2.24, 2.45) is 0 Å². The third-order valence-corrected chi connectivity index (χ3v) is 5.76. The molecule has 0 unspecified atom stereocenters. The molecule has 2 heterocycles. The number of hydrogen-bond acceptors (Lipinski definition) is 6. The highest BCUT2D eigenvalue weighted by Gasteiger charge is 2.31. The first-order valence-electron chi connectivity index (χ1n) is 9.71. The molecule has 1 amide bonds. The fourth-order valence-corrected chi connectivity index (χ4v) is 4.24. The van der Waals surface area contributed by atoms with Gasteiger partial charge in [0.05, 0.1) is 27.6 Å². The van der Waals surface area contributed by atoms with Gasteiger partial charge in [0.25, 0.3) is 0 Å². The van der Waals surface area contributed by atoms with Crippen LogP contribution in [0.15, 0.2) is 48.8 Å². The van der Waals surface area contributed by atoms with E-state index >= 15 is 0 Å². The molecular weight excluding hydrogens is 443 g/mol. The lowest BCUT2D eigenvalue weighted by molar-refractivity contribution is -0.274. The third-order valence-electron chi connectivity index (χ3n) is 4.72. The summed E-state index contributed by atoms with van der Waals surface area (Å²) in [5, 5.41) is 0.417. The van der Waals surface area contributed by atoms with Crippen molar-refractivity contribution in [3.63, 3.8) is 0 Å². The maximum Gasteiger partial charge on any atom is 0.573 e. The molecule has 0 N–H and O–H groups in total. The zero-order chi connectivity index (χ0) is 22.9. The monoisotopic (exact) mass is 463 g/mol. The molecule has 2 aromatic heterocycles. The molecule has 2 aromatic carbocycles. The molecule has 11 heteroatoms. The molecule has 0 aliphatic carbocycles. The Morgan fingerprint density at radius 3 is 2.66 bits per heavy atom. The van der Waals surface area contributed by atoms with Crippen LogP contribution < -0.4 is 9.64 Å². The van der Waals surface area contributed by atoms with Gasteiger partial charge in [-0.25, -0.2) is 9.97 Å². The highest BCUT2D eigenvalue weighted by atomic mass is 32.1. The second-order valence-corrected chi connectivity index (χ2v) is 8.39. The van der Waals surface area contributed by atoms with E-state index < -0.39 is 6.36 Å². The Balaban J connectivity index is 1.63. The van der Waals surface area contributed by atoms with Crippen molar-refractivity contribution in [2.45, 2.75) is 12.9 Å². The average Bonchev–Trinajstić information content (AvgIpc) is 3.31. The van der Waals surface area contributed by atoms with Gasteiger partial charge in [-0.1, -0.05) is 23.5 Å². The van der Waals surface area contributed by atoms with Gasteiger partial charge in [0.15, 0.2) is 5.13 Å². The number of alkyl halides is 3. The first-order valence-corrected chi connectivity index (χ1v) is 10.5. The molecule has 7 nitrogen and oxygen atoms in total. The minimum Gasteiger partial charge on any atom is -0.406 e. The summed E-state index contributed by atoms with van der Waals surface area (Å²) in [6.07, 6.45) is -3.16. The molecule has 32 heavy (non-hydrogen) atoms. The predicted octanol–water partition coefficient (Wildman–Crippen LogP) is 4.14. The van der Waals surface area contributed by atoms with E-state index in [0.29, 0.717) is 28.4 Å². The van der Waals surface area contributed by atoms with E-state index in [0.717, 1.165) is 22.4 Å². The SMILES string of the molecule is CN(C)CCN(C(=O)Cn1cnc2ccccc21)c1nc2ccc(OC(F)(F)F)cc2s1. The summed E-state index contributed by atoms with van der Waals surface area (Å²) in [4.78, 5) is 25.6. The Labute approximate surface area is 185 Å². The Bertz CT molecular complexity index is 1250. The minimum atomic E-state index is -4.78. The van der Waals surface area contributed by atoms with Gasteiger partial charge < -0.3 is 14.2 Å². The van der Waals surface area contributed by atoms with E-state index in [4.69, 9.17) is 0 Å². The fraction of sp³-hybridized carbons (Fsp3) is 0.286. The molecule has 168 valence electrons. The summed E-state index contributed by atoms with van der Waals surface area (Å²) in [6, 6.07) is 11.5. The molecule has 0 bridgehead atoms. The van der Waals surface area contributed by atoms with Crippen molar-refractivity contribution in [2.75, 3.05) is 32.1 Å². The molecule has 0 aliphatic heterocycles. The zero-order valence-corrected chi connectivity index (χ0v) is 18.2. The van der Waals surface area contributed by atoms with Crippen molar-refractivity contribution in [3.8, 4) is 5.75 Å². The number of anilines is 1. The number of nitrogens with zero attached hydrogens (tertiary/aromatic N) is 5. The van der Waals surface area contributed by atoms with Crippen LogP contribution in [-0.2, 0) is 11.3 Å². The van der Waals surface area contributed by atoms with Gasteiger partial charge >= 0.3 is 6.36 Å². The van der Waals surface area contributed by atoms with Crippen LogP contribution in [-0.4, -0.2) is 58.9 Å². The predicted molar refractivity (Wildman–Crippen MR) is 117 cm³/mol. The van der Waals surface area contributed by atoms with Gasteiger partial charge in [0, 0.05) is 19.2 Å². The number of hydrogen-bond donors (Lipinski definition) is 0. The molecule has 0 saturated carbocycles. The Hall–Kier alpha value is -3.18. The Morgan fingerprint density at radius 1 is 1.12 bits per heavy atom. The third kappa shape index (κ3) is 5.00. The van der Waals surface area contributed by atoms with Gasteiger partial charge in [0.2, 0.25) is 5.91 Å². The number of fused-ring (bicyclic) bond motifs is 2. The van der Waals surface area contributed by atoms with E-state index in [1.165, 1.54) is 18.2 Å². The van der Waals surface area contributed by atoms with Crippen LogP contribution >= 0.6 is 11.3 Å². The summed E-state index contributed by atoms with van der Waals surface area (Å²) in [5.74, 6) is -0.517. The molecule has 0 atom stereocenters. The number of likely N-dealkylation sites (N-methyl/N-ethyl adjacent to an activating group) is 1. The first-order chi connectivity index (χ1) is 15.2. The van der Waals surface area contributed by atoms with E-state index in [-0.39, 0.29) is 18.2 Å². The maximum atomic E-state index is 13.3. The van der Waals surface area contributed by atoms with Gasteiger partial charge in [-0.2, -0.15) is 0 Å². The van der Waals surface area contributed by atoms with Gasteiger partial charge in [-0.15, -0.1) is 13.2 Å². The normalized spacial score (nSPS) is 12.1. The molecule has 4 aromatic rings. The van der Waals surface area contributed by atoms with E-state index in [2.05, 4.69) is 14.7 Å². The van der Waals surface area contributed by atoms with Crippen LogP contribution in [0, 0.1) is 0 Å².